The number of aliphatic hydroxyl groups excluding tert-OH is 1. The standard InChI is InChI=1S/C24H25F3N4O2/c1-14(18-3-2-4-20(23(18)25)24(26,27)13-32)29-22-10-28-30-21-8-6-15(9-19(21)22)31-11-17-7-5-16(31)12-33-17/h2-4,6,8-10,14,16-17,32H,5,7,11-13H2,1H3,(H,29,30)/t14-,16?,17?/m1/s1. The van der Waals surface area contributed by atoms with Crippen LogP contribution < -0.4 is 10.2 Å². The average Bonchev–Trinajstić information content (AvgIpc) is 2.84. The smallest absolute Gasteiger partial charge is 0.298 e. The summed E-state index contributed by atoms with van der Waals surface area (Å²) in [6.45, 7) is 1.79. The van der Waals surface area contributed by atoms with E-state index >= 15 is 0 Å². The van der Waals surface area contributed by atoms with Crippen molar-refractivity contribution in [3.8, 4) is 0 Å². The molecule has 6 rings (SSSR count). The van der Waals surface area contributed by atoms with Gasteiger partial charge in [-0.05, 0) is 44.0 Å². The van der Waals surface area contributed by atoms with E-state index in [-0.39, 0.29) is 11.7 Å². The Bertz CT molecular complexity index is 1170. The van der Waals surface area contributed by atoms with Gasteiger partial charge in [0.15, 0.2) is 0 Å². The zero-order valence-electron chi connectivity index (χ0n) is 18.1. The lowest BCUT2D eigenvalue weighted by Crippen LogP contribution is -2.54. The maximum absolute atomic E-state index is 14.9. The minimum Gasteiger partial charge on any atom is -0.390 e. The molecule has 9 heteroatoms. The van der Waals surface area contributed by atoms with Gasteiger partial charge >= 0.3 is 0 Å². The number of aliphatic hydroxyl groups is 1. The number of halogens is 3. The third-order valence-corrected chi connectivity index (χ3v) is 6.60. The molecule has 2 unspecified atom stereocenters. The summed E-state index contributed by atoms with van der Waals surface area (Å²) in [6.07, 6.45) is 3.96. The molecule has 2 bridgehead atoms. The molecule has 3 aromatic rings. The van der Waals surface area contributed by atoms with Crippen molar-refractivity contribution in [2.45, 2.75) is 43.9 Å². The second-order valence-corrected chi connectivity index (χ2v) is 8.74. The zero-order chi connectivity index (χ0) is 23.2. The summed E-state index contributed by atoms with van der Waals surface area (Å²) in [5, 5.41) is 21.2. The first-order valence-corrected chi connectivity index (χ1v) is 11.0. The lowest BCUT2D eigenvalue weighted by Gasteiger charge is -2.46. The zero-order valence-corrected chi connectivity index (χ0v) is 18.1. The second kappa shape index (κ2) is 8.46. The van der Waals surface area contributed by atoms with Gasteiger partial charge in [0.2, 0.25) is 0 Å². The van der Waals surface area contributed by atoms with Crippen molar-refractivity contribution in [1.82, 2.24) is 10.2 Å². The number of hydrogen-bond donors (Lipinski definition) is 2. The van der Waals surface area contributed by atoms with E-state index in [1.807, 2.05) is 18.2 Å². The van der Waals surface area contributed by atoms with Crippen LogP contribution in [-0.2, 0) is 10.7 Å². The number of piperidine rings is 1. The van der Waals surface area contributed by atoms with E-state index in [2.05, 4.69) is 20.4 Å². The summed E-state index contributed by atoms with van der Waals surface area (Å²) >= 11 is 0. The van der Waals surface area contributed by atoms with Crippen LogP contribution in [0, 0.1) is 5.82 Å². The summed E-state index contributed by atoms with van der Waals surface area (Å²) in [5.41, 5.74) is 1.62. The van der Waals surface area contributed by atoms with Crippen molar-refractivity contribution in [1.29, 1.82) is 0 Å². The molecule has 0 saturated carbocycles. The molecule has 0 aliphatic carbocycles. The van der Waals surface area contributed by atoms with Crippen LogP contribution in [0.1, 0.15) is 36.9 Å². The maximum atomic E-state index is 14.9. The lowest BCUT2D eigenvalue weighted by atomic mass is 9.96. The SMILES string of the molecule is C[C@@H](Nc1cnnc2ccc(N3CC4CCC3CO4)cc12)c1cccc(C(F)(F)CO)c1F. The van der Waals surface area contributed by atoms with Gasteiger partial charge in [-0.2, -0.15) is 19.0 Å². The van der Waals surface area contributed by atoms with Crippen molar-refractivity contribution < 1.29 is 23.0 Å². The van der Waals surface area contributed by atoms with Crippen molar-refractivity contribution in [2.24, 2.45) is 0 Å². The Morgan fingerprint density at radius 3 is 2.82 bits per heavy atom. The van der Waals surface area contributed by atoms with E-state index < -0.39 is 30.0 Å². The Hall–Kier alpha value is -2.91. The highest BCUT2D eigenvalue weighted by atomic mass is 19.3. The first-order valence-electron chi connectivity index (χ1n) is 11.0. The third-order valence-electron chi connectivity index (χ3n) is 6.60. The molecule has 3 aliphatic heterocycles. The van der Waals surface area contributed by atoms with Crippen LogP contribution >= 0.6 is 0 Å². The normalized spacial score (nSPS) is 21.4. The van der Waals surface area contributed by atoms with E-state index in [9.17, 15) is 13.2 Å². The van der Waals surface area contributed by atoms with Gasteiger partial charge < -0.3 is 20.1 Å². The molecule has 0 spiro atoms. The summed E-state index contributed by atoms with van der Waals surface area (Å²) in [5.74, 6) is -4.69. The number of nitrogens with one attached hydrogen (secondary N) is 1. The molecule has 3 saturated heterocycles. The fourth-order valence-corrected chi connectivity index (χ4v) is 4.77. The van der Waals surface area contributed by atoms with Gasteiger partial charge in [-0.1, -0.05) is 12.1 Å². The predicted molar refractivity (Wildman–Crippen MR) is 119 cm³/mol. The average molecular weight is 458 g/mol. The van der Waals surface area contributed by atoms with Crippen molar-refractivity contribution in [2.75, 3.05) is 30.0 Å². The van der Waals surface area contributed by atoms with E-state index in [1.54, 1.807) is 13.1 Å². The van der Waals surface area contributed by atoms with E-state index in [1.165, 1.54) is 12.1 Å². The van der Waals surface area contributed by atoms with Crippen LogP contribution in [0.15, 0.2) is 42.6 Å². The number of ether oxygens (including phenoxy) is 1. The second-order valence-electron chi connectivity index (χ2n) is 8.74. The van der Waals surface area contributed by atoms with E-state index in [0.717, 1.165) is 36.5 Å². The molecule has 174 valence electrons. The predicted octanol–water partition coefficient (Wildman–Crippen LogP) is 4.39. The van der Waals surface area contributed by atoms with Gasteiger partial charge in [0.25, 0.3) is 5.92 Å². The molecule has 1 aromatic heterocycles. The number of nitrogens with zero attached hydrogens (tertiary/aromatic N) is 3. The van der Waals surface area contributed by atoms with Gasteiger partial charge in [0, 0.05) is 23.2 Å². The largest absolute Gasteiger partial charge is 0.390 e. The van der Waals surface area contributed by atoms with Crippen LogP contribution in [0.4, 0.5) is 24.5 Å². The summed E-state index contributed by atoms with van der Waals surface area (Å²) in [4.78, 5) is 2.35. The summed E-state index contributed by atoms with van der Waals surface area (Å²) < 4.78 is 48.7. The number of anilines is 2. The first kappa shape index (κ1) is 21.9. The van der Waals surface area contributed by atoms with Crippen molar-refractivity contribution >= 4 is 22.3 Å². The molecule has 2 N–H and O–H groups in total. The highest BCUT2D eigenvalue weighted by Gasteiger charge is 2.36. The van der Waals surface area contributed by atoms with Gasteiger partial charge in [0.1, 0.15) is 12.4 Å². The highest BCUT2D eigenvalue weighted by Crippen LogP contribution is 2.36. The summed E-state index contributed by atoms with van der Waals surface area (Å²) in [6, 6.07) is 9.48. The molecule has 3 aliphatic rings. The number of rotatable bonds is 6. The number of morpholine rings is 1. The number of benzene rings is 2. The number of hydrogen-bond acceptors (Lipinski definition) is 6. The minimum atomic E-state index is -3.66. The molecule has 3 fully saturated rings. The van der Waals surface area contributed by atoms with Crippen LogP contribution in [0.3, 0.4) is 0 Å². The fourth-order valence-electron chi connectivity index (χ4n) is 4.77. The molecule has 0 amide bonds. The highest BCUT2D eigenvalue weighted by molar-refractivity contribution is 5.93. The molecule has 33 heavy (non-hydrogen) atoms. The monoisotopic (exact) mass is 458 g/mol. The number of aromatic nitrogens is 2. The van der Waals surface area contributed by atoms with Gasteiger partial charge in [-0.15, -0.1) is 0 Å². The summed E-state index contributed by atoms with van der Waals surface area (Å²) in [7, 11) is 0. The lowest BCUT2D eigenvalue weighted by molar-refractivity contribution is -0.0583. The van der Waals surface area contributed by atoms with E-state index in [4.69, 9.17) is 9.84 Å². The Kier molecular flexibility index (Phi) is 5.62. The van der Waals surface area contributed by atoms with Gasteiger partial charge in [-0.25, -0.2) is 4.39 Å². The molecule has 6 nitrogen and oxygen atoms in total. The number of fused-ring (bicyclic) bond motifs is 4. The Labute approximate surface area is 189 Å². The van der Waals surface area contributed by atoms with Crippen LogP contribution in [0.5, 0.6) is 0 Å². The Morgan fingerprint density at radius 1 is 1.27 bits per heavy atom. The quantitative estimate of drug-likeness (QED) is 0.571. The van der Waals surface area contributed by atoms with Crippen LogP contribution in [0.2, 0.25) is 0 Å². The van der Waals surface area contributed by atoms with Gasteiger partial charge in [0.05, 0.1) is 47.8 Å². The van der Waals surface area contributed by atoms with Crippen molar-refractivity contribution in [3.63, 3.8) is 0 Å². The maximum Gasteiger partial charge on any atom is 0.298 e. The molecule has 0 radical (unpaired) electrons. The third kappa shape index (κ3) is 4.00. The Morgan fingerprint density at radius 2 is 2.12 bits per heavy atom. The van der Waals surface area contributed by atoms with Crippen molar-refractivity contribution in [3.05, 3.63) is 59.5 Å². The number of alkyl halides is 2. The molecule has 3 atom stereocenters. The molecular formula is C24H25F3N4O2. The van der Waals surface area contributed by atoms with E-state index in [0.29, 0.717) is 23.9 Å². The first-order chi connectivity index (χ1) is 15.9. The van der Waals surface area contributed by atoms with Crippen LogP contribution in [-0.4, -0.2) is 47.2 Å². The topological polar surface area (TPSA) is 70.5 Å². The molecular weight excluding hydrogens is 433 g/mol. The Balaban J connectivity index is 1.46. The minimum absolute atomic E-state index is 0.0761. The fraction of sp³-hybridized carbons (Fsp3) is 0.417. The molecule has 2 aromatic carbocycles. The molecule has 4 heterocycles. The van der Waals surface area contributed by atoms with Crippen LogP contribution in [0.25, 0.3) is 10.9 Å². The van der Waals surface area contributed by atoms with Gasteiger partial charge in [-0.3, -0.25) is 0 Å².